The number of sulfonamides is 1. The number of halogens is 1. The van der Waals surface area contributed by atoms with Gasteiger partial charge in [0.25, 0.3) is 0 Å². The fraction of sp³-hybridized carbons (Fsp3) is 0.235. The highest BCUT2D eigenvalue weighted by Crippen LogP contribution is 2.21. The number of carbonyl (C=O) groups is 1. The summed E-state index contributed by atoms with van der Waals surface area (Å²) in [5.74, 6) is -0.474. The van der Waals surface area contributed by atoms with Crippen molar-refractivity contribution < 1.29 is 22.3 Å². The minimum Gasteiger partial charge on any atom is -0.494 e. The van der Waals surface area contributed by atoms with Gasteiger partial charge in [0.05, 0.1) is 18.6 Å². The third kappa shape index (κ3) is 5.46. The van der Waals surface area contributed by atoms with Crippen molar-refractivity contribution in [2.45, 2.75) is 6.92 Å². The fourth-order valence-electron chi connectivity index (χ4n) is 2.17. The molecule has 1 N–H and O–H groups in total. The zero-order chi connectivity index (χ0) is 18.4. The highest BCUT2D eigenvalue weighted by Gasteiger charge is 2.21. The van der Waals surface area contributed by atoms with Gasteiger partial charge < -0.3 is 10.1 Å². The van der Waals surface area contributed by atoms with Crippen LogP contribution in [0.5, 0.6) is 5.75 Å². The molecule has 0 atom stereocenters. The van der Waals surface area contributed by atoms with E-state index in [1.54, 1.807) is 24.3 Å². The first-order chi connectivity index (χ1) is 11.8. The Labute approximate surface area is 146 Å². The molecule has 0 unspecified atom stereocenters. The van der Waals surface area contributed by atoms with E-state index in [1.807, 2.05) is 6.92 Å². The highest BCUT2D eigenvalue weighted by molar-refractivity contribution is 7.92. The predicted octanol–water partition coefficient (Wildman–Crippen LogP) is 2.63. The van der Waals surface area contributed by atoms with Crippen molar-refractivity contribution in [1.82, 2.24) is 0 Å². The van der Waals surface area contributed by atoms with E-state index in [2.05, 4.69) is 5.32 Å². The Balaban J connectivity index is 2.16. The van der Waals surface area contributed by atoms with Crippen molar-refractivity contribution in [2.24, 2.45) is 0 Å². The van der Waals surface area contributed by atoms with Crippen molar-refractivity contribution in [1.29, 1.82) is 0 Å². The number of rotatable bonds is 7. The molecule has 25 heavy (non-hydrogen) atoms. The van der Waals surface area contributed by atoms with Gasteiger partial charge in [-0.3, -0.25) is 9.10 Å². The number of hydrogen-bond donors (Lipinski definition) is 1. The van der Waals surface area contributed by atoms with E-state index in [0.717, 1.165) is 16.6 Å². The number of benzene rings is 2. The summed E-state index contributed by atoms with van der Waals surface area (Å²) in [5, 5.41) is 2.48. The Morgan fingerprint density at radius 2 is 1.88 bits per heavy atom. The zero-order valence-corrected chi connectivity index (χ0v) is 14.7. The van der Waals surface area contributed by atoms with Gasteiger partial charge in [0.2, 0.25) is 15.9 Å². The molecule has 134 valence electrons. The average molecular weight is 366 g/mol. The van der Waals surface area contributed by atoms with Crippen LogP contribution >= 0.6 is 0 Å². The second-order valence-corrected chi connectivity index (χ2v) is 7.16. The van der Waals surface area contributed by atoms with Gasteiger partial charge in [0.15, 0.2) is 0 Å². The maximum absolute atomic E-state index is 13.2. The standard InChI is InChI=1S/C17H19FN2O4S/c1-3-24-16-9-7-15(8-10-16)20(25(2,22)23)12-17(21)19-14-6-4-5-13(18)11-14/h4-11H,3,12H2,1-2H3,(H,19,21). The molecule has 8 heteroatoms. The van der Waals surface area contributed by atoms with E-state index in [4.69, 9.17) is 4.74 Å². The number of amides is 1. The lowest BCUT2D eigenvalue weighted by Gasteiger charge is -2.22. The first kappa shape index (κ1) is 18.7. The van der Waals surface area contributed by atoms with Crippen LogP contribution in [0.2, 0.25) is 0 Å². The molecule has 0 saturated carbocycles. The monoisotopic (exact) mass is 366 g/mol. The van der Waals surface area contributed by atoms with Crippen LogP contribution in [-0.2, 0) is 14.8 Å². The van der Waals surface area contributed by atoms with E-state index in [1.165, 1.54) is 18.2 Å². The Morgan fingerprint density at radius 1 is 1.20 bits per heavy atom. The van der Waals surface area contributed by atoms with Crippen molar-refractivity contribution in [2.75, 3.05) is 29.0 Å². The van der Waals surface area contributed by atoms with E-state index < -0.39 is 28.3 Å². The van der Waals surface area contributed by atoms with Gasteiger partial charge in [-0.05, 0) is 49.4 Å². The van der Waals surface area contributed by atoms with E-state index >= 15 is 0 Å². The van der Waals surface area contributed by atoms with Crippen molar-refractivity contribution in [3.63, 3.8) is 0 Å². The Bertz CT molecular complexity index is 838. The van der Waals surface area contributed by atoms with Crippen molar-refractivity contribution in [3.8, 4) is 5.75 Å². The first-order valence-corrected chi connectivity index (χ1v) is 9.40. The first-order valence-electron chi connectivity index (χ1n) is 7.55. The molecule has 0 saturated heterocycles. The van der Waals surface area contributed by atoms with Crippen LogP contribution in [0.4, 0.5) is 15.8 Å². The molecule has 0 bridgehead atoms. The summed E-state index contributed by atoms with van der Waals surface area (Å²) in [6.07, 6.45) is 1.01. The van der Waals surface area contributed by atoms with Crippen LogP contribution in [0.1, 0.15) is 6.92 Å². The molecular formula is C17H19FN2O4S. The Morgan fingerprint density at radius 3 is 2.44 bits per heavy atom. The Kier molecular flexibility index (Phi) is 5.97. The van der Waals surface area contributed by atoms with Gasteiger partial charge >= 0.3 is 0 Å². The lowest BCUT2D eigenvalue weighted by atomic mass is 10.3. The molecule has 0 aliphatic heterocycles. The minimum absolute atomic E-state index is 0.255. The molecule has 6 nitrogen and oxygen atoms in total. The summed E-state index contributed by atoms with van der Waals surface area (Å²) in [5.41, 5.74) is 0.588. The SMILES string of the molecule is CCOc1ccc(N(CC(=O)Nc2cccc(F)c2)S(C)(=O)=O)cc1. The molecule has 2 aromatic rings. The molecule has 0 aromatic heterocycles. The molecule has 0 radical (unpaired) electrons. The van der Waals surface area contributed by atoms with E-state index in [-0.39, 0.29) is 5.69 Å². The third-order valence-corrected chi connectivity index (χ3v) is 4.37. The highest BCUT2D eigenvalue weighted by atomic mass is 32.2. The number of nitrogens with one attached hydrogen (secondary N) is 1. The molecule has 0 fully saturated rings. The van der Waals surface area contributed by atoms with Crippen LogP contribution < -0.4 is 14.4 Å². The molecule has 2 aromatic carbocycles. The van der Waals surface area contributed by atoms with Gasteiger partial charge in [-0.25, -0.2) is 12.8 Å². The van der Waals surface area contributed by atoms with Gasteiger partial charge in [-0.2, -0.15) is 0 Å². The summed E-state index contributed by atoms with van der Waals surface area (Å²) < 4.78 is 43.5. The van der Waals surface area contributed by atoms with Gasteiger partial charge in [0.1, 0.15) is 18.1 Å². The number of anilines is 2. The van der Waals surface area contributed by atoms with Crippen molar-refractivity contribution >= 4 is 27.3 Å². The summed E-state index contributed by atoms with van der Waals surface area (Å²) in [6.45, 7) is 1.90. The summed E-state index contributed by atoms with van der Waals surface area (Å²) >= 11 is 0. The van der Waals surface area contributed by atoms with Crippen molar-refractivity contribution in [3.05, 3.63) is 54.3 Å². The summed E-state index contributed by atoms with van der Waals surface area (Å²) in [6, 6.07) is 11.7. The van der Waals surface area contributed by atoms with Crippen LogP contribution in [0.3, 0.4) is 0 Å². The normalized spacial score (nSPS) is 11.0. The third-order valence-electron chi connectivity index (χ3n) is 3.23. The lowest BCUT2D eigenvalue weighted by Crippen LogP contribution is -2.37. The van der Waals surface area contributed by atoms with E-state index in [0.29, 0.717) is 18.0 Å². The minimum atomic E-state index is -3.68. The molecule has 0 spiro atoms. The molecule has 2 rings (SSSR count). The lowest BCUT2D eigenvalue weighted by molar-refractivity contribution is -0.114. The van der Waals surface area contributed by atoms with Crippen LogP contribution in [0.25, 0.3) is 0 Å². The predicted molar refractivity (Wildman–Crippen MR) is 94.8 cm³/mol. The quantitative estimate of drug-likeness (QED) is 0.817. The second-order valence-electron chi connectivity index (χ2n) is 5.26. The molecule has 0 heterocycles. The number of carbonyl (C=O) groups excluding carboxylic acids is 1. The maximum atomic E-state index is 13.2. The number of ether oxygens (including phenoxy) is 1. The molecular weight excluding hydrogens is 347 g/mol. The average Bonchev–Trinajstić information content (AvgIpc) is 2.53. The van der Waals surface area contributed by atoms with E-state index in [9.17, 15) is 17.6 Å². The van der Waals surface area contributed by atoms with Gasteiger partial charge in [0, 0.05) is 5.69 Å². The fourth-order valence-corrected chi connectivity index (χ4v) is 3.03. The zero-order valence-electron chi connectivity index (χ0n) is 13.9. The molecule has 1 amide bonds. The largest absolute Gasteiger partial charge is 0.494 e. The number of nitrogens with zero attached hydrogens (tertiary/aromatic N) is 1. The van der Waals surface area contributed by atoms with Crippen LogP contribution in [0.15, 0.2) is 48.5 Å². The Hall–Kier alpha value is -2.61. The molecule has 0 aliphatic carbocycles. The van der Waals surface area contributed by atoms with Crippen LogP contribution in [-0.4, -0.2) is 33.7 Å². The summed E-state index contributed by atoms with van der Waals surface area (Å²) in [4.78, 5) is 12.2. The molecule has 0 aliphatic rings. The van der Waals surface area contributed by atoms with Gasteiger partial charge in [-0.15, -0.1) is 0 Å². The summed E-state index contributed by atoms with van der Waals surface area (Å²) in [7, 11) is -3.68. The second kappa shape index (κ2) is 7.98. The maximum Gasteiger partial charge on any atom is 0.245 e. The number of hydrogen-bond acceptors (Lipinski definition) is 4. The smallest absolute Gasteiger partial charge is 0.245 e. The topological polar surface area (TPSA) is 75.7 Å². The van der Waals surface area contributed by atoms with Crippen LogP contribution in [0, 0.1) is 5.82 Å². The van der Waals surface area contributed by atoms with Gasteiger partial charge in [-0.1, -0.05) is 6.07 Å².